The monoisotopic (exact) mass is 428 g/mol. The summed E-state index contributed by atoms with van der Waals surface area (Å²) in [5.74, 6) is -0.970. The topological polar surface area (TPSA) is 75.7 Å². The second-order valence-electron chi connectivity index (χ2n) is 7.96. The number of likely N-dealkylation sites (N-methyl/N-ethyl adjacent to an activating group) is 1. The van der Waals surface area contributed by atoms with E-state index in [0.29, 0.717) is 23.2 Å². The molecular formula is C26H24N2O4. The molecule has 3 aromatic carbocycles. The molecule has 1 N–H and O–H groups in total. The van der Waals surface area contributed by atoms with Crippen LogP contribution in [0.25, 0.3) is 0 Å². The molecule has 0 aliphatic carbocycles. The normalized spacial score (nSPS) is 14.8. The van der Waals surface area contributed by atoms with E-state index in [1.54, 1.807) is 25.2 Å². The van der Waals surface area contributed by atoms with Gasteiger partial charge in [0.15, 0.2) is 0 Å². The highest BCUT2D eigenvalue weighted by atomic mass is 16.5. The van der Waals surface area contributed by atoms with E-state index in [1.165, 1.54) is 4.90 Å². The summed E-state index contributed by atoms with van der Waals surface area (Å²) in [7, 11) is 1.58. The number of hydrogen-bond donors (Lipinski definition) is 1. The maximum atomic E-state index is 12.9. The molecule has 0 fully saturated rings. The number of fused-ring (bicyclic) bond motifs is 1. The van der Waals surface area contributed by atoms with Gasteiger partial charge >= 0.3 is 5.97 Å². The van der Waals surface area contributed by atoms with Crippen molar-refractivity contribution in [3.63, 3.8) is 0 Å². The van der Waals surface area contributed by atoms with Crippen molar-refractivity contribution < 1.29 is 19.1 Å². The molecule has 0 radical (unpaired) electrons. The van der Waals surface area contributed by atoms with E-state index in [9.17, 15) is 14.4 Å². The Morgan fingerprint density at radius 3 is 2.47 bits per heavy atom. The smallest absolute Gasteiger partial charge is 0.339 e. The van der Waals surface area contributed by atoms with Crippen LogP contribution in [0.15, 0.2) is 72.8 Å². The maximum Gasteiger partial charge on any atom is 0.339 e. The van der Waals surface area contributed by atoms with Crippen LogP contribution < -0.4 is 5.32 Å². The van der Waals surface area contributed by atoms with Crippen molar-refractivity contribution in [2.45, 2.75) is 19.4 Å². The number of anilines is 1. The second kappa shape index (κ2) is 9.06. The van der Waals surface area contributed by atoms with Crippen molar-refractivity contribution in [2.75, 3.05) is 18.9 Å². The average Bonchev–Trinajstić information content (AvgIpc) is 2.80. The van der Waals surface area contributed by atoms with Crippen LogP contribution in [0.5, 0.6) is 0 Å². The standard InChI is InChI=1S/C26H24N2O4/c1-17-8-11-21(12-9-17)27-24(29)16-28(2)25(30)19-10-13-22-20(14-19)15-23(32-26(22)31)18-6-4-3-5-7-18/h3-14,23H,15-16H2,1-2H3,(H,27,29)/t23-/m0/s1. The van der Waals surface area contributed by atoms with Gasteiger partial charge in [-0.05, 0) is 48.4 Å². The van der Waals surface area contributed by atoms with Crippen molar-refractivity contribution in [1.29, 1.82) is 0 Å². The minimum atomic E-state index is -0.398. The summed E-state index contributed by atoms with van der Waals surface area (Å²) in [5, 5.41) is 2.79. The molecule has 6 heteroatoms. The predicted octanol–water partition coefficient (Wildman–Crippen LogP) is 4.16. The Hall–Kier alpha value is -3.93. The fourth-order valence-corrected chi connectivity index (χ4v) is 3.73. The Labute approximate surface area is 186 Å². The second-order valence-corrected chi connectivity index (χ2v) is 7.96. The first-order chi connectivity index (χ1) is 15.4. The Morgan fingerprint density at radius 2 is 1.75 bits per heavy atom. The molecule has 1 heterocycles. The predicted molar refractivity (Wildman–Crippen MR) is 122 cm³/mol. The van der Waals surface area contributed by atoms with Crippen LogP contribution >= 0.6 is 0 Å². The van der Waals surface area contributed by atoms with E-state index in [-0.39, 0.29) is 24.5 Å². The molecule has 1 aliphatic heterocycles. The van der Waals surface area contributed by atoms with E-state index in [4.69, 9.17) is 4.74 Å². The Kier molecular flexibility index (Phi) is 6.03. The van der Waals surface area contributed by atoms with Gasteiger partial charge in [-0.2, -0.15) is 0 Å². The molecule has 1 aliphatic rings. The Balaban J connectivity index is 1.45. The molecule has 0 saturated heterocycles. The lowest BCUT2D eigenvalue weighted by Crippen LogP contribution is -2.35. The first-order valence-electron chi connectivity index (χ1n) is 10.4. The molecule has 4 rings (SSSR count). The van der Waals surface area contributed by atoms with Crippen LogP contribution in [-0.2, 0) is 16.0 Å². The summed E-state index contributed by atoms with van der Waals surface area (Å²) in [6, 6.07) is 21.9. The average molecular weight is 428 g/mol. The molecule has 1 atom stereocenters. The first kappa shape index (κ1) is 21.3. The van der Waals surface area contributed by atoms with Gasteiger partial charge in [-0.25, -0.2) is 4.79 Å². The van der Waals surface area contributed by atoms with E-state index in [0.717, 1.165) is 16.7 Å². The van der Waals surface area contributed by atoms with Crippen LogP contribution in [0.3, 0.4) is 0 Å². The summed E-state index contributed by atoms with van der Waals surface area (Å²) in [6.45, 7) is 1.89. The third-order valence-corrected chi connectivity index (χ3v) is 5.46. The van der Waals surface area contributed by atoms with Crippen LogP contribution in [0.4, 0.5) is 5.69 Å². The minimum Gasteiger partial charge on any atom is -0.454 e. The van der Waals surface area contributed by atoms with Crippen molar-refractivity contribution in [3.05, 3.63) is 101 Å². The summed E-state index contributed by atoms with van der Waals surface area (Å²) < 4.78 is 5.58. The van der Waals surface area contributed by atoms with Gasteiger partial charge in [-0.15, -0.1) is 0 Å². The molecule has 0 unspecified atom stereocenters. The SMILES string of the molecule is Cc1ccc(NC(=O)CN(C)C(=O)c2ccc3c(c2)C[C@@H](c2ccccc2)OC3=O)cc1. The van der Waals surface area contributed by atoms with Gasteiger partial charge in [0.25, 0.3) is 5.91 Å². The minimum absolute atomic E-state index is 0.0848. The number of nitrogens with one attached hydrogen (secondary N) is 1. The lowest BCUT2D eigenvalue weighted by molar-refractivity contribution is -0.116. The summed E-state index contributed by atoms with van der Waals surface area (Å²) in [5.41, 5.74) is 4.35. The molecule has 32 heavy (non-hydrogen) atoms. The number of carbonyl (C=O) groups is 3. The fraction of sp³-hybridized carbons (Fsp3) is 0.192. The quantitative estimate of drug-likeness (QED) is 0.619. The lowest BCUT2D eigenvalue weighted by atomic mass is 9.93. The number of cyclic esters (lactones) is 1. The zero-order chi connectivity index (χ0) is 22.7. The van der Waals surface area contributed by atoms with Gasteiger partial charge in [0.2, 0.25) is 5.91 Å². The summed E-state index contributed by atoms with van der Waals surface area (Å²) in [6.07, 6.45) is 0.101. The number of benzene rings is 3. The van der Waals surface area contributed by atoms with Crippen molar-refractivity contribution in [1.82, 2.24) is 4.90 Å². The molecule has 0 spiro atoms. The number of esters is 1. The summed E-state index contributed by atoms with van der Waals surface area (Å²) in [4.78, 5) is 39.1. The third kappa shape index (κ3) is 4.70. The number of rotatable bonds is 5. The Bertz CT molecular complexity index is 1160. The van der Waals surface area contributed by atoms with Crippen LogP contribution in [0.1, 0.15) is 43.5 Å². The van der Waals surface area contributed by atoms with Gasteiger partial charge in [0.05, 0.1) is 12.1 Å². The molecule has 162 valence electrons. The fourth-order valence-electron chi connectivity index (χ4n) is 3.73. The highest BCUT2D eigenvalue weighted by Crippen LogP contribution is 2.31. The number of hydrogen-bond acceptors (Lipinski definition) is 4. The molecule has 0 aromatic heterocycles. The van der Waals surface area contributed by atoms with Crippen molar-refractivity contribution >= 4 is 23.5 Å². The molecule has 2 amide bonds. The number of ether oxygens (including phenoxy) is 1. The number of aryl methyl sites for hydroxylation is 1. The molecule has 3 aromatic rings. The van der Waals surface area contributed by atoms with E-state index in [1.807, 2.05) is 61.5 Å². The molecule has 0 saturated carbocycles. The van der Waals surface area contributed by atoms with Crippen LogP contribution in [0, 0.1) is 6.92 Å². The molecule has 0 bridgehead atoms. The van der Waals surface area contributed by atoms with E-state index < -0.39 is 5.97 Å². The van der Waals surface area contributed by atoms with Crippen LogP contribution in [-0.4, -0.2) is 36.3 Å². The maximum absolute atomic E-state index is 12.9. The summed E-state index contributed by atoms with van der Waals surface area (Å²) >= 11 is 0. The largest absolute Gasteiger partial charge is 0.454 e. The zero-order valence-electron chi connectivity index (χ0n) is 18.0. The lowest BCUT2D eigenvalue weighted by Gasteiger charge is -2.26. The number of nitrogens with zero attached hydrogens (tertiary/aromatic N) is 1. The third-order valence-electron chi connectivity index (χ3n) is 5.46. The zero-order valence-corrected chi connectivity index (χ0v) is 18.0. The number of carbonyl (C=O) groups excluding carboxylic acids is 3. The van der Waals surface area contributed by atoms with Gasteiger partial charge in [0.1, 0.15) is 6.10 Å². The van der Waals surface area contributed by atoms with Gasteiger partial charge < -0.3 is 15.0 Å². The first-order valence-corrected chi connectivity index (χ1v) is 10.4. The van der Waals surface area contributed by atoms with E-state index >= 15 is 0 Å². The van der Waals surface area contributed by atoms with Gasteiger partial charge in [-0.1, -0.05) is 48.0 Å². The van der Waals surface area contributed by atoms with Gasteiger partial charge in [-0.3, -0.25) is 9.59 Å². The van der Waals surface area contributed by atoms with Crippen molar-refractivity contribution in [3.8, 4) is 0 Å². The van der Waals surface area contributed by atoms with Crippen LogP contribution in [0.2, 0.25) is 0 Å². The van der Waals surface area contributed by atoms with E-state index in [2.05, 4.69) is 5.32 Å². The Morgan fingerprint density at radius 1 is 1.03 bits per heavy atom. The number of amides is 2. The highest BCUT2D eigenvalue weighted by Gasteiger charge is 2.28. The molecule has 6 nitrogen and oxygen atoms in total. The molecular weight excluding hydrogens is 404 g/mol. The highest BCUT2D eigenvalue weighted by molar-refractivity contribution is 6.00. The van der Waals surface area contributed by atoms with Crippen molar-refractivity contribution in [2.24, 2.45) is 0 Å². The van der Waals surface area contributed by atoms with Gasteiger partial charge in [0, 0.05) is 24.7 Å².